The smallest absolute Gasteiger partial charge is 0.119 e. The number of benzene rings is 1. The summed E-state index contributed by atoms with van der Waals surface area (Å²) < 4.78 is 5.71. The van der Waals surface area contributed by atoms with E-state index in [0.29, 0.717) is 25.3 Å². The van der Waals surface area contributed by atoms with Crippen molar-refractivity contribution in [1.82, 2.24) is 4.90 Å². The molecule has 1 aromatic rings. The van der Waals surface area contributed by atoms with Gasteiger partial charge in [0.2, 0.25) is 0 Å². The van der Waals surface area contributed by atoms with Crippen LogP contribution in [-0.4, -0.2) is 144 Å². The van der Waals surface area contributed by atoms with Crippen molar-refractivity contribution in [3.63, 3.8) is 0 Å². The lowest BCUT2D eigenvalue weighted by Gasteiger charge is -2.33. The second-order valence-electron chi connectivity index (χ2n) is 9.42. The molecule has 12 nitrogen and oxygen atoms in total. The summed E-state index contributed by atoms with van der Waals surface area (Å²) in [5.41, 5.74) is 1.10. The minimum Gasteiger partial charge on any atom is -0.494 e. The molecule has 0 bridgehead atoms. The van der Waals surface area contributed by atoms with E-state index in [9.17, 15) is 40.9 Å². The predicted octanol–water partition coefficient (Wildman–Crippen LogP) is -2.77. The summed E-state index contributed by atoms with van der Waals surface area (Å²) in [4.78, 5) is 1.50. The van der Waals surface area contributed by atoms with Gasteiger partial charge in [-0.15, -0.1) is 0 Å². The molecular weight excluding hydrogens is 522 g/mol. The zero-order chi connectivity index (χ0) is 28.7. The number of aliphatic hydroxyl groups is 10. The van der Waals surface area contributed by atoms with E-state index in [1.54, 1.807) is 0 Å². The Morgan fingerprint density at radius 2 is 1.08 bits per heavy atom. The first-order valence-corrected chi connectivity index (χ1v) is 13.4. The summed E-state index contributed by atoms with van der Waals surface area (Å²) in [6.45, 7) is -1.37. The van der Waals surface area contributed by atoms with Crippen LogP contribution in [0.1, 0.15) is 31.2 Å². The first kappa shape index (κ1) is 35.0. The van der Waals surface area contributed by atoms with Gasteiger partial charge >= 0.3 is 0 Å². The standard InChI is InChI=1S/C25H45NO11S/c27-13-20(31)24(35)22(33)18(29)11-26(12-19(30)23(34)25(36)21(32)14-28)9-3-1-2-4-10-37-17-7-5-16(15-38)6-8-17/h5-8,18-25,27-36,38H,1-4,9-15H2. The van der Waals surface area contributed by atoms with Crippen molar-refractivity contribution in [2.24, 2.45) is 0 Å². The molecule has 222 valence electrons. The average molecular weight is 568 g/mol. The van der Waals surface area contributed by atoms with Crippen LogP contribution in [0.5, 0.6) is 5.75 Å². The van der Waals surface area contributed by atoms with Crippen molar-refractivity contribution < 1.29 is 55.8 Å². The lowest BCUT2D eigenvalue weighted by Crippen LogP contribution is -2.53. The van der Waals surface area contributed by atoms with Crippen molar-refractivity contribution in [2.75, 3.05) is 39.5 Å². The fourth-order valence-corrected chi connectivity index (χ4v) is 4.01. The summed E-state index contributed by atoms with van der Waals surface area (Å²) in [5.74, 6) is 1.42. The van der Waals surface area contributed by atoms with Crippen LogP contribution >= 0.6 is 12.6 Å². The molecule has 0 amide bonds. The molecule has 0 fully saturated rings. The molecule has 0 heterocycles. The highest BCUT2D eigenvalue weighted by Gasteiger charge is 2.34. The molecule has 0 aliphatic carbocycles. The molecule has 8 atom stereocenters. The van der Waals surface area contributed by atoms with Gasteiger partial charge in [-0.05, 0) is 37.1 Å². The molecule has 0 aromatic heterocycles. The quantitative estimate of drug-likeness (QED) is 0.0538. The molecule has 0 saturated heterocycles. The third-order valence-corrected chi connectivity index (χ3v) is 6.65. The maximum absolute atomic E-state index is 10.4. The van der Waals surface area contributed by atoms with Crippen LogP contribution in [0.15, 0.2) is 24.3 Å². The lowest BCUT2D eigenvalue weighted by atomic mass is 10.0. The molecule has 10 N–H and O–H groups in total. The highest BCUT2D eigenvalue weighted by atomic mass is 32.1. The summed E-state index contributed by atoms with van der Waals surface area (Å²) in [6.07, 6.45) is -10.8. The van der Waals surface area contributed by atoms with Gasteiger partial charge < -0.3 is 55.8 Å². The normalized spacial score (nSPS) is 18.4. The van der Waals surface area contributed by atoms with Crippen LogP contribution in [0.2, 0.25) is 0 Å². The number of hydrogen-bond acceptors (Lipinski definition) is 13. The number of nitrogens with zero attached hydrogens (tertiary/aromatic N) is 1. The predicted molar refractivity (Wildman–Crippen MR) is 142 cm³/mol. The fourth-order valence-electron chi connectivity index (χ4n) is 3.80. The Morgan fingerprint density at radius 3 is 1.53 bits per heavy atom. The Bertz CT molecular complexity index is 702. The van der Waals surface area contributed by atoms with Crippen molar-refractivity contribution >= 4 is 12.6 Å². The van der Waals surface area contributed by atoms with Gasteiger partial charge in [-0.2, -0.15) is 12.6 Å². The highest BCUT2D eigenvalue weighted by molar-refractivity contribution is 7.79. The summed E-state index contributed by atoms with van der Waals surface area (Å²) in [7, 11) is 0. The number of thiol groups is 1. The third-order valence-electron chi connectivity index (χ3n) is 6.28. The van der Waals surface area contributed by atoms with Crippen LogP contribution in [0, 0.1) is 0 Å². The zero-order valence-corrected chi connectivity index (χ0v) is 22.4. The number of rotatable bonds is 21. The Balaban J connectivity index is 2.60. The van der Waals surface area contributed by atoms with E-state index in [2.05, 4.69) is 12.6 Å². The molecule has 0 saturated carbocycles. The number of unbranched alkanes of at least 4 members (excludes halogenated alkanes) is 3. The molecular formula is C25H45NO11S. The Hall–Kier alpha value is -1.07. The first-order chi connectivity index (χ1) is 18.0. The summed E-state index contributed by atoms with van der Waals surface area (Å²) >= 11 is 4.22. The van der Waals surface area contributed by atoms with Crippen molar-refractivity contribution in [3.8, 4) is 5.75 Å². The largest absolute Gasteiger partial charge is 0.494 e. The monoisotopic (exact) mass is 567 g/mol. The van der Waals surface area contributed by atoms with E-state index in [0.717, 1.165) is 30.6 Å². The second-order valence-corrected chi connectivity index (χ2v) is 9.74. The van der Waals surface area contributed by atoms with Crippen LogP contribution in [-0.2, 0) is 5.75 Å². The van der Waals surface area contributed by atoms with Gasteiger partial charge in [0.25, 0.3) is 0 Å². The molecule has 1 rings (SSSR count). The first-order valence-electron chi connectivity index (χ1n) is 12.8. The van der Waals surface area contributed by atoms with E-state index in [1.165, 1.54) is 4.90 Å². The average Bonchev–Trinajstić information content (AvgIpc) is 2.93. The molecule has 0 aliphatic heterocycles. The van der Waals surface area contributed by atoms with Gasteiger partial charge in [0.15, 0.2) is 0 Å². The van der Waals surface area contributed by atoms with Crippen LogP contribution in [0.25, 0.3) is 0 Å². The van der Waals surface area contributed by atoms with E-state index in [1.807, 2.05) is 24.3 Å². The zero-order valence-electron chi connectivity index (χ0n) is 21.5. The molecule has 1 aromatic carbocycles. The maximum atomic E-state index is 10.4. The Labute approximate surface area is 228 Å². The molecule has 0 radical (unpaired) electrons. The van der Waals surface area contributed by atoms with Crippen LogP contribution in [0.3, 0.4) is 0 Å². The SMILES string of the molecule is OCC(O)C(O)C(O)C(O)CN(CCCCCCOc1ccc(CS)cc1)CC(O)C(O)C(O)C(O)CO. The fraction of sp³-hybridized carbons (Fsp3) is 0.760. The molecule has 8 unspecified atom stereocenters. The van der Waals surface area contributed by atoms with Gasteiger partial charge in [0, 0.05) is 18.8 Å². The van der Waals surface area contributed by atoms with Gasteiger partial charge in [-0.1, -0.05) is 25.0 Å². The van der Waals surface area contributed by atoms with Crippen molar-refractivity contribution in [1.29, 1.82) is 0 Å². The number of hydrogen-bond donors (Lipinski definition) is 11. The third kappa shape index (κ3) is 12.4. The van der Waals surface area contributed by atoms with Crippen LogP contribution < -0.4 is 4.74 Å². The summed E-state index contributed by atoms with van der Waals surface area (Å²) in [5, 5.41) is 97.8. The molecule has 0 aliphatic rings. The van der Waals surface area contributed by atoms with E-state index in [-0.39, 0.29) is 13.1 Å². The van der Waals surface area contributed by atoms with Gasteiger partial charge in [0.05, 0.1) is 32.0 Å². The van der Waals surface area contributed by atoms with Crippen molar-refractivity contribution in [3.05, 3.63) is 29.8 Å². The minimum atomic E-state index is -1.82. The highest BCUT2D eigenvalue weighted by Crippen LogP contribution is 2.15. The van der Waals surface area contributed by atoms with E-state index in [4.69, 9.17) is 14.9 Å². The van der Waals surface area contributed by atoms with Gasteiger partial charge in [0.1, 0.15) is 42.4 Å². The Morgan fingerprint density at radius 1 is 0.632 bits per heavy atom. The van der Waals surface area contributed by atoms with Gasteiger partial charge in [-0.3, -0.25) is 4.90 Å². The summed E-state index contributed by atoms with van der Waals surface area (Å²) in [6, 6.07) is 7.66. The number of aliphatic hydroxyl groups excluding tert-OH is 10. The van der Waals surface area contributed by atoms with Crippen LogP contribution in [0.4, 0.5) is 0 Å². The number of ether oxygens (including phenoxy) is 1. The second kappa shape index (κ2) is 19.1. The van der Waals surface area contributed by atoms with E-state index >= 15 is 0 Å². The molecule has 13 heteroatoms. The molecule has 38 heavy (non-hydrogen) atoms. The lowest BCUT2D eigenvalue weighted by molar-refractivity contribution is -0.130. The maximum Gasteiger partial charge on any atom is 0.119 e. The topological polar surface area (TPSA) is 215 Å². The molecule has 0 spiro atoms. The minimum absolute atomic E-state index is 0.274. The van der Waals surface area contributed by atoms with E-state index < -0.39 is 62.0 Å². The van der Waals surface area contributed by atoms with Crippen molar-refractivity contribution in [2.45, 2.75) is 80.3 Å². The van der Waals surface area contributed by atoms with Gasteiger partial charge in [-0.25, -0.2) is 0 Å². The Kier molecular flexibility index (Phi) is 17.6.